The number of hydrogen-bond acceptors (Lipinski definition) is 2. The summed E-state index contributed by atoms with van der Waals surface area (Å²) in [6, 6.07) is 0. The number of ketones is 1. The van der Waals surface area contributed by atoms with Gasteiger partial charge in [0.05, 0.1) is 0 Å². The van der Waals surface area contributed by atoms with Gasteiger partial charge in [-0.3, -0.25) is 4.79 Å². The lowest BCUT2D eigenvalue weighted by Gasteiger charge is -2.11. The van der Waals surface area contributed by atoms with Crippen LogP contribution in [0, 0.1) is 0 Å². The van der Waals surface area contributed by atoms with E-state index >= 15 is 0 Å². The first-order chi connectivity index (χ1) is 7.79. The van der Waals surface area contributed by atoms with Crippen LogP contribution in [0.1, 0.15) is 77.0 Å². The third-order valence-electron chi connectivity index (χ3n) is 3.49. The Bertz CT molecular complexity index is 191. The zero-order valence-corrected chi connectivity index (χ0v) is 11.3. The molecule has 0 N–H and O–H groups in total. The summed E-state index contributed by atoms with van der Waals surface area (Å²) >= 11 is 4.61. The normalized spacial score (nSPS) is 27.3. The Labute approximate surface area is 106 Å². The van der Waals surface area contributed by atoms with Crippen molar-refractivity contribution in [2.24, 2.45) is 0 Å². The summed E-state index contributed by atoms with van der Waals surface area (Å²) in [4.78, 5) is 11.5. The van der Waals surface area contributed by atoms with E-state index in [2.05, 4.69) is 12.6 Å². The number of carbonyl (C=O) groups is 1. The molecule has 1 aliphatic carbocycles. The zero-order chi connectivity index (χ0) is 11.6. The predicted molar refractivity (Wildman–Crippen MR) is 73.2 cm³/mol. The average Bonchev–Trinajstić information content (AvgIpc) is 2.27. The van der Waals surface area contributed by atoms with Crippen molar-refractivity contribution in [3.8, 4) is 0 Å². The van der Waals surface area contributed by atoms with Crippen molar-refractivity contribution in [1.82, 2.24) is 0 Å². The lowest BCUT2D eigenvalue weighted by molar-refractivity contribution is -0.119. The molecule has 0 bridgehead atoms. The molecule has 1 rings (SSSR count). The Hall–Kier alpha value is 0.0200. The minimum Gasteiger partial charge on any atom is -0.300 e. The third kappa shape index (κ3) is 7.32. The van der Waals surface area contributed by atoms with Gasteiger partial charge in [-0.1, -0.05) is 38.5 Å². The highest BCUT2D eigenvalue weighted by molar-refractivity contribution is 7.80. The van der Waals surface area contributed by atoms with Gasteiger partial charge in [-0.15, -0.1) is 0 Å². The molecule has 0 aromatic rings. The molecule has 1 unspecified atom stereocenters. The molecular weight excluding hydrogens is 216 g/mol. The summed E-state index contributed by atoms with van der Waals surface area (Å²) in [6.07, 6.45) is 14.1. The molecular formula is C14H26OS. The Morgan fingerprint density at radius 2 is 1.19 bits per heavy atom. The number of rotatable bonds is 0. The van der Waals surface area contributed by atoms with E-state index in [0.29, 0.717) is 11.0 Å². The van der Waals surface area contributed by atoms with Crippen LogP contribution in [-0.2, 0) is 4.79 Å². The van der Waals surface area contributed by atoms with E-state index in [1.165, 1.54) is 51.4 Å². The summed E-state index contributed by atoms with van der Waals surface area (Å²) in [6.45, 7) is 0. The van der Waals surface area contributed by atoms with Gasteiger partial charge in [0.15, 0.2) is 0 Å². The zero-order valence-electron chi connectivity index (χ0n) is 10.4. The summed E-state index contributed by atoms with van der Waals surface area (Å²) in [5.74, 6) is 0.479. The lowest BCUT2D eigenvalue weighted by Crippen LogP contribution is -2.02. The topological polar surface area (TPSA) is 17.1 Å². The van der Waals surface area contributed by atoms with Crippen LogP contribution in [0.5, 0.6) is 0 Å². The predicted octanol–water partition coefficient (Wildman–Crippen LogP) is 4.55. The van der Waals surface area contributed by atoms with Crippen molar-refractivity contribution in [3.05, 3.63) is 0 Å². The van der Waals surface area contributed by atoms with Gasteiger partial charge in [-0.2, -0.15) is 12.6 Å². The van der Waals surface area contributed by atoms with E-state index in [4.69, 9.17) is 0 Å². The molecule has 0 spiro atoms. The number of hydrogen-bond donors (Lipinski definition) is 1. The number of Topliss-reactive ketones (excluding diaryl/α,β-unsaturated/α-hetero) is 1. The first kappa shape index (κ1) is 14.1. The summed E-state index contributed by atoms with van der Waals surface area (Å²) in [5.41, 5.74) is 0. The molecule has 1 saturated carbocycles. The van der Waals surface area contributed by atoms with Crippen LogP contribution in [-0.4, -0.2) is 11.0 Å². The highest BCUT2D eigenvalue weighted by Crippen LogP contribution is 2.18. The largest absolute Gasteiger partial charge is 0.300 e. The van der Waals surface area contributed by atoms with E-state index in [1.54, 1.807) is 0 Å². The molecule has 1 atom stereocenters. The summed E-state index contributed by atoms with van der Waals surface area (Å²) < 4.78 is 0. The van der Waals surface area contributed by atoms with Gasteiger partial charge >= 0.3 is 0 Å². The van der Waals surface area contributed by atoms with Crippen molar-refractivity contribution >= 4 is 18.4 Å². The van der Waals surface area contributed by atoms with Crippen molar-refractivity contribution in [1.29, 1.82) is 0 Å². The van der Waals surface area contributed by atoms with E-state index in [-0.39, 0.29) is 0 Å². The monoisotopic (exact) mass is 242 g/mol. The highest BCUT2D eigenvalue weighted by atomic mass is 32.1. The van der Waals surface area contributed by atoms with Crippen LogP contribution in [0.2, 0.25) is 0 Å². The van der Waals surface area contributed by atoms with Crippen LogP contribution in [0.3, 0.4) is 0 Å². The van der Waals surface area contributed by atoms with Gasteiger partial charge in [0.1, 0.15) is 5.78 Å². The van der Waals surface area contributed by atoms with Gasteiger partial charge in [-0.25, -0.2) is 0 Å². The van der Waals surface area contributed by atoms with Gasteiger partial charge in [-0.05, 0) is 25.7 Å². The molecule has 0 amide bonds. The van der Waals surface area contributed by atoms with Crippen molar-refractivity contribution in [2.75, 3.05) is 0 Å². The second kappa shape index (κ2) is 9.09. The summed E-state index contributed by atoms with van der Waals surface area (Å²) in [7, 11) is 0. The molecule has 0 aliphatic heterocycles. The molecule has 16 heavy (non-hydrogen) atoms. The molecule has 1 nitrogen and oxygen atoms in total. The molecule has 1 aliphatic rings. The van der Waals surface area contributed by atoms with E-state index < -0.39 is 0 Å². The SMILES string of the molecule is O=C1CCCCCCCCC(S)CCCC1. The van der Waals surface area contributed by atoms with E-state index in [9.17, 15) is 4.79 Å². The maximum absolute atomic E-state index is 11.5. The van der Waals surface area contributed by atoms with E-state index in [1.807, 2.05) is 0 Å². The smallest absolute Gasteiger partial charge is 0.132 e. The maximum atomic E-state index is 11.5. The van der Waals surface area contributed by atoms with Gasteiger partial charge in [0.2, 0.25) is 0 Å². The van der Waals surface area contributed by atoms with Crippen LogP contribution in [0.25, 0.3) is 0 Å². The first-order valence-electron chi connectivity index (χ1n) is 6.99. The molecule has 1 fully saturated rings. The van der Waals surface area contributed by atoms with Gasteiger partial charge in [0.25, 0.3) is 0 Å². The van der Waals surface area contributed by atoms with Crippen molar-refractivity contribution < 1.29 is 4.79 Å². The Morgan fingerprint density at radius 3 is 1.88 bits per heavy atom. The Morgan fingerprint density at radius 1 is 0.750 bits per heavy atom. The minimum absolute atomic E-state index is 0.479. The van der Waals surface area contributed by atoms with Gasteiger partial charge < -0.3 is 0 Å². The molecule has 0 radical (unpaired) electrons. The number of carbonyl (C=O) groups excluding carboxylic acids is 1. The van der Waals surface area contributed by atoms with Crippen LogP contribution >= 0.6 is 12.6 Å². The average molecular weight is 242 g/mol. The standard InChI is InChI=1S/C14H26OS/c15-13-9-5-3-1-2-4-6-11-14(16)12-8-7-10-13/h14,16H,1-12H2. The fourth-order valence-corrected chi connectivity index (χ4v) is 2.75. The first-order valence-corrected chi connectivity index (χ1v) is 7.50. The highest BCUT2D eigenvalue weighted by Gasteiger charge is 2.06. The third-order valence-corrected chi connectivity index (χ3v) is 4.00. The minimum atomic E-state index is 0.479. The molecule has 0 heterocycles. The van der Waals surface area contributed by atoms with Crippen molar-refractivity contribution in [3.63, 3.8) is 0 Å². The quantitative estimate of drug-likeness (QED) is 0.617. The van der Waals surface area contributed by atoms with Crippen LogP contribution in [0.4, 0.5) is 0 Å². The molecule has 0 aromatic carbocycles. The van der Waals surface area contributed by atoms with Crippen LogP contribution in [0.15, 0.2) is 0 Å². The van der Waals surface area contributed by atoms with E-state index in [0.717, 1.165) is 25.7 Å². The fourth-order valence-electron chi connectivity index (χ4n) is 2.38. The lowest BCUT2D eigenvalue weighted by atomic mass is 10.0. The fraction of sp³-hybridized carbons (Fsp3) is 0.929. The second-order valence-electron chi connectivity index (χ2n) is 5.10. The molecule has 2 heteroatoms. The Balaban J connectivity index is 2.21. The second-order valence-corrected chi connectivity index (χ2v) is 5.83. The maximum Gasteiger partial charge on any atom is 0.132 e. The van der Waals surface area contributed by atoms with Gasteiger partial charge in [0, 0.05) is 18.1 Å². The Kier molecular flexibility index (Phi) is 8.00. The number of thiol groups is 1. The molecule has 0 saturated heterocycles. The summed E-state index contributed by atoms with van der Waals surface area (Å²) in [5, 5.41) is 0.568. The molecule has 0 aromatic heterocycles. The van der Waals surface area contributed by atoms with Crippen LogP contribution < -0.4 is 0 Å². The van der Waals surface area contributed by atoms with Crippen molar-refractivity contribution in [2.45, 2.75) is 82.3 Å². The molecule has 94 valence electrons.